The fourth-order valence-corrected chi connectivity index (χ4v) is 4.39. The lowest BCUT2D eigenvalue weighted by Gasteiger charge is -2.39. The van der Waals surface area contributed by atoms with E-state index >= 15 is 0 Å². The standard InChI is InChI=1S/C26H29N/c1-18-16-21-20-14-10-11-15-22(20)26(5,6)23(21)17-24(18)27(25(2,3)4)19-12-8-7-9-13-19/h7-17H,1-6H3/i1D3. The second-order valence-corrected chi connectivity index (χ2v) is 8.93. The van der Waals surface area contributed by atoms with Crippen molar-refractivity contribution in [2.45, 2.75) is 52.4 Å². The first-order valence-corrected chi connectivity index (χ1v) is 9.56. The average Bonchev–Trinajstić information content (AvgIpc) is 2.88. The van der Waals surface area contributed by atoms with Crippen LogP contribution in [-0.4, -0.2) is 5.54 Å². The molecule has 0 N–H and O–H groups in total. The smallest absolute Gasteiger partial charge is 0.0448 e. The summed E-state index contributed by atoms with van der Waals surface area (Å²) in [6.45, 7) is 8.59. The van der Waals surface area contributed by atoms with E-state index in [0.29, 0.717) is 5.56 Å². The van der Waals surface area contributed by atoms with Crippen LogP contribution in [-0.2, 0) is 5.41 Å². The third kappa shape index (κ3) is 2.77. The molecule has 1 nitrogen and oxygen atoms in total. The van der Waals surface area contributed by atoms with E-state index in [2.05, 4.69) is 63.8 Å². The predicted molar refractivity (Wildman–Crippen MR) is 117 cm³/mol. The van der Waals surface area contributed by atoms with Crippen LogP contribution in [0.5, 0.6) is 0 Å². The van der Waals surface area contributed by atoms with E-state index in [1.54, 1.807) is 0 Å². The van der Waals surface area contributed by atoms with Crippen LogP contribution in [0.2, 0.25) is 0 Å². The van der Waals surface area contributed by atoms with Gasteiger partial charge in [0, 0.05) is 26.4 Å². The Bertz CT molecular complexity index is 1090. The molecule has 0 atom stereocenters. The molecule has 4 rings (SSSR count). The fourth-order valence-electron chi connectivity index (χ4n) is 4.39. The molecule has 0 aliphatic heterocycles. The molecule has 0 heterocycles. The minimum Gasteiger partial charge on any atom is -0.336 e. The Labute approximate surface area is 167 Å². The Balaban J connectivity index is 2.06. The summed E-state index contributed by atoms with van der Waals surface area (Å²) in [7, 11) is 0. The normalized spacial score (nSPS) is 16.7. The molecule has 0 aromatic heterocycles. The van der Waals surface area contributed by atoms with E-state index in [9.17, 15) is 0 Å². The van der Waals surface area contributed by atoms with Gasteiger partial charge in [0.15, 0.2) is 0 Å². The monoisotopic (exact) mass is 358 g/mol. The van der Waals surface area contributed by atoms with Crippen LogP contribution in [0.15, 0.2) is 66.7 Å². The Kier molecular flexibility index (Phi) is 3.22. The first-order chi connectivity index (χ1) is 13.9. The Hall–Kier alpha value is -2.54. The van der Waals surface area contributed by atoms with Crippen LogP contribution in [0.3, 0.4) is 0 Å². The van der Waals surface area contributed by atoms with Gasteiger partial charge in [-0.25, -0.2) is 0 Å². The van der Waals surface area contributed by atoms with Gasteiger partial charge in [-0.3, -0.25) is 0 Å². The van der Waals surface area contributed by atoms with Crippen LogP contribution >= 0.6 is 0 Å². The van der Waals surface area contributed by atoms with Gasteiger partial charge in [-0.1, -0.05) is 56.3 Å². The van der Waals surface area contributed by atoms with Crippen molar-refractivity contribution in [3.63, 3.8) is 0 Å². The number of para-hydroxylation sites is 1. The molecule has 0 radical (unpaired) electrons. The summed E-state index contributed by atoms with van der Waals surface area (Å²) in [5.41, 5.74) is 6.25. The van der Waals surface area contributed by atoms with Gasteiger partial charge < -0.3 is 4.90 Å². The highest BCUT2D eigenvalue weighted by molar-refractivity contribution is 5.84. The van der Waals surface area contributed by atoms with Gasteiger partial charge >= 0.3 is 0 Å². The van der Waals surface area contributed by atoms with Gasteiger partial charge in [-0.15, -0.1) is 0 Å². The van der Waals surface area contributed by atoms with Gasteiger partial charge in [0.05, 0.1) is 0 Å². The summed E-state index contributed by atoms with van der Waals surface area (Å²) in [5, 5.41) is 0. The zero-order chi connectivity index (χ0) is 21.9. The Morgan fingerprint density at radius 2 is 1.48 bits per heavy atom. The highest BCUT2D eigenvalue weighted by atomic mass is 15.2. The van der Waals surface area contributed by atoms with Crippen molar-refractivity contribution >= 4 is 11.4 Å². The van der Waals surface area contributed by atoms with Crippen molar-refractivity contribution in [1.82, 2.24) is 0 Å². The molecule has 1 aliphatic carbocycles. The zero-order valence-corrected chi connectivity index (χ0v) is 16.8. The van der Waals surface area contributed by atoms with Gasteiger partial charge in [-0.05, 0) is 79.7 Å². The van der Waals surface area contributed by atoms with E-state index in [0.717, 1.165) is 22.5 Å². The third-order valence-corrected chi connectivity index (χ3v) is 5.63. The van der Waals surface area contributed by atoms with Crippen molar-refractivity contribution in [3.8, 4) is 11.1 Å². The minimum atomic E-state index is -2.22. The van der Waals surface area contributed by atoms with E-state index in [1.807, 2.05) is 42.5 Å². The molecule has 0 spiro atoms. The summed E-state index contributed by atoms with van der Waals surface area (Å²) in [4.78, 5) is 2.16. The van der Waals surface area contributed by atoms with Crippen molar-refractivity contribution < 1.29 is 4.11 Å². The molecule has 3 aromatic rings. The second kappa shape index (κ2) is 5.99. The van der Waals surface area contributed by atoms with E-state index < -0.39 is 6.85 Å². The molecule has 0 unspecified atom stereocenters. The number of hydrogen-bond donors (Lipinski definition) is 0. The number of rotatable bonds is 2. The molecular weight excluding hydrogens is 326 g/mol. The first kappa shape index (κ1) is 14.5. The number of anilines is 2. The fraction of sp³-hybridized carbons (Fsp3) is 0.308. The zero-order valence-electron chi connectivity index (χ0n) is 19.8. The summed E-state index contributed by atoms with van der Waals surface area (Å²) < 4.78 is 25.0. The van der Waals surface area contributed by atoms with Crippen molar-refractivity contribution in [2.24, 2.45) is 0 Å². The number of hydrogen-bond acceptors (Lipinski definition) is 1. The van der Waals surface area contributed by atoms with Crippen LogP contribution in [0, 0.1) is 6.85 Å². The van der Waals surface area contributed by atoms with Crippen molar-refractivity contribution in [2.75, 3.05) is 4.90 Å². The molecule has 0 fully saturated rings. The third-order valence-electron chi connectivity index (χ3n) is 5.63. The van der Waals surface area contributed by atoms with Crippen LogP contribution in [0.4, 0.5) is 11.4 Å². The number of aryl methyl sites for hydroxylation is 1. The SMILES string of the molecule is [2H]C([2H])([2H])c1cc2c(cc1N(c1ccccc1)C(C)(C)C)C(C)(C)c1ccccc1-2. The number of benzene rings is 3. The summed E-state index contributed by atoms with van der Waals surface area (Å²) >= 11 is 0. The quantitative estimate of drug-likeness (QED) is 0.467. The Morgan fingerprint density at radius 1 is 0.815 bits per heavy atom. The van der Waals surface area contributed by atoms with Crippen LogP contribution < -0.4 is 4.90 Å². The predicted octanol–water partition coefficient (Wildman–Crippen LogP) is 7.24. The van der Waals surface area contributed by atoms with Crippen molar-refractivity contribution in [1.29, 1.82) is 0 Å². The van der Waals surface area contributed by atoms with Crippen molar-refractivity contribution in [3.05, 3.63) is 83.4 Å². The molecule has 0 saturated carbocycles. The molecule has 3 aromatic carbocycles. The highest BCUT2D eigenvalue weighted by Crippen LogP contribution is 2.51. The summed E-state index contributed by atoms with van der Waals surface area (Å²) in [6, 6.07) is 22.4. The molecular formula is C26H29N. The Morgan fingerprint density at radius 3 is 2.15 bits per heavy atom. The minimum absolute atomic E-state index is 0.186. The highest BCUT2D eigenvalue weighted by Gasteiger charge is 2.37. The van der Waals surface area contributed by atoms with Crippen LogP contribution in [0.1, 0.15) is 55.4 Å². The molecule has 27 heavy (non-hydrogen) atoms. The topological polar surface area (TPSA) is 3.24 Å². The number of fused-ring (bicyclic) bond motifs is 3. The van der Waals surface area contributed by atoms with Gasteiger partial charge in [-0.2, -0.15) is 0 Å². The summed E-state index contributed by atoms with van der Waals surface area (Å²) in [6.07, 6.45) is 0. The van der Waals surface area contributed by atoms with E-state index in [-0.39, 0.29) is 11.0 Å². The van der Waals surface area contributed by atoms with E-state index in [4.69, 9.17) is 4.11 Å². The van der Waals surface area contributed by atoms with E-state index in [1.165, 1.54) is 11.1 Å². The largest absolute Gasteiger partial charge is 0.336 e. The van der Waals surface area contributed by atoms with Gasteiger partial charge in [0.2, 0.25) is 0 Å². The molecule has 138 valence electrons. The first-order valence-electron chi connectivity index (χ1n) is 11.1. The molecule has 0 saturated heterocycles. The maximum Gasteiger partial charge on any atom is 0.0448 e. The van der Waals surface area contributed by atoms with Gasteiger partial charge in [0.1, 0.15) is 0 Å². The lowest BCUT2D eigenvalue weighted by atomic mass is 9.82. The maximum absolute atomic E-state index is 8.33. The molecule has 1 aliphatic rings. The molecule has 0 bridgehead atoms. The van der Waals surface area contributed by atoms with Crippen LogP contribution in [0.25, 0.3) is 11.1 Å². The number of nitrogens with zero attached hydrogens (tertiary/aromatic N) is 1. The lowest BCUT2D eigenvalue weighted by molar-refractivity contribution is 0.558. The maximum atomic E-state index is 8.33. The summed E-state index contributed by atoms with van der Waals surface area (Å²) in [5.74, 6) is 0. The van der Waals surface area contributed by atoms with Gasteiger partial charge in [0.25, 0.3) is 0 Å². The molecule has 0 amide bonds. The second-order valence-electron chi connectivity index (χ2n) is 8.93. The molecule has 1 heteroatoms. The average molecular weight is 359 g/mol. The lowest BCUT2D eigenvalue weighted by Crippen LogP contribution is -2.38.